The monoisotopic (exact) mass is 469 g/mol. The van der Waals surface area contributed by atoms with Gasteiger partial charge >= 0.3 is 0 Å². The molecule has 1 amide bonds. The number of anilines is 1. The second-order valence-electron chi connectivity index (χ2n) is 7.32. The molecule has 0 saturated carbocycles. The van der Waals surface area contributed by atoms with Gasteiger partial charge in [-0.1, -0.05) is 29.5 Å². The summed E-state index contributed by atoms with van der Waals surface area (Å²) in [6.45, 7) is 2.54. The largest absolute Gasteiger partial charge is 0.321 e. The zero-order valence-corrected chi connectivity index (χ0v) is 19.2. The zero-order valence-electron chi connectivity index (χ0n) is 16.8. The fourth-order valence-electron chi connectivity index (χ4n) is 3.73. The van der Waals surface area contributed by atoms with Gasteiger partial charge in [-0.2, -0.15) is 0 Å². The summed E-state index contributed by atoms with van der Waals surface area (Å²) in [4.78, 5) is 33.0. The number of nitrogens with zero attached hydrogens (tertiary/aromatic N) is 4. The number of aryl methyl sites for hydroxylation is 2. The molecule has 0 unspecified atom stereocenters. The van der Waals surface area contributed by atoms with Crippen molar-refractivity contribution in [2.24, 2.45) is 0 Å². The first-order chi connectivity index (χ1) is 15.1. The molecule has 5 rings (SSSR count). The summed E-state index contributed by atoms with van der Waals surface area (Å²) in [5.74, 6) is 0.622. The lowest BCUT2D eigenvalue weighted by molar-refractivity contribution is 0.103. The first-order valence-corrected chi connectivity index (χ1v) is 12.5. The second kappa shape index (κ2) is 8.52. The molecule has 0 saturated heterocycles. The van der Waals surface area contributed by atoms with Crippen LogP contribution in [0.5, 0.6) is 0 Å². The van der Waals surface area contributed by atoms with E-state index in [9.17, 15) is 9.59 Å². The molecule has 10 heteroatoms. The van der Waals surface area contributed by atoms with Crippen molar-refractivity contribution in [3.05, 3.63) is 56.4 Å². The van der Waals surface area contributed by atoms with Gasteiger partial charge in [-0.25, -0.2) is 4.98 Å². The van der Waals surface area contributed by atoms with E-state index in [0.29, 0.717) is 32.9 Å². The van der Waals surface area contributed by atoms with Crippen molar-refractivity contribution in [2.45, 2.75) is 48.4 Å². The molecular weight excluding hydrogens is 450 g/mol. The number of hydrogen-bond acceptors (Lipinski definition) is 8. The SMILES string of the molecule is Cc1c(C(=O)Nc2ccc(Sc3nncs3)cc2)sc2nc3n(c(=O)c12)CCCCC3. The van der Waals surface area contributed by atoms with Crippen LogP contribution in [0.2, 0.25) is 0 Å². The quantitative estimate of drug-likeness (QED) is 0.464. The molecule has 31 heavy (non-hydrogen) atoms. The summed E-state index contributed by atoms with van der Waals surface area (Å²) < 4.78 is 2.67. The van der Waals surface area contributed by atoms with Gasteiger partial charge in [-0.15, -0.1) is 21.5 Å². The smallest absolute Gasteiger partial charge is 0.266 e. The topological polar surface area (TPSA) is 89.8 Å². The second-order valence-corrected chi connectivity index (χ2v) is 10.5. The third-order valence-electron chi connectivity index (χ3n) is 5.28. The first kappa shape index (κ1) is 20.3. The Morgan fingerprint density at radius 2 is 2.03 bits per heavy atom. The molecule has 1 N–H and O–H groups in total. The van der Waals surface area contributed by atoms with Crippen LogP contribution < -0.4 is 10.9 Å². The van der Waals surface area contributed by atoms with Gasteiger partial charge in [0.25, 0.3) is 11.5 Å². The molecule has 0 spiro atoms. The lowest BCUT2D eigenvalue weighted by Gasteiger charge is -2.08. The van der Waals surface area contributed by atoms with Gasteiger partial charge in [0.15, 0.2) is 4.34 Å². The normalized spacial score (nSPS) is 13.7. The van der Waals surface area contributed by atoms with Crippen molar-refractivity contribution in [3.63, 3.8) is 0 Å². The summed E-state index contributed by atoms with van der Waals surface area (Å²) >= 11 is 4.31. The lowest BCUT2D eigenvalue weighted by atomic mass is 10.2. The minimum Gasteiger partial charge on any atom is -0.321 e. The van der Waals surface area contributed by atoms with Gasteiger partial charge in [0.2, 0.25) is 0 Å². The van der Waals surface area contributed by atoms with E-state index in [0.717, 1.165) is 40.7 Å². The summed E-state index contributed by atoms with van der Waals surface area (Å²) in [7, 11) is 0. The average Bonchev–Trinajstić information content (AvgIpc) is 3.31. The number of carbonyl (C=O) groups excluding carboxylic acids is 1. The standard InChI is InChI=1S/C21H19N5O2S3/c1-12-16-19(24-15-5-3-2-4-10-26(15)20(16)28)31-17(12)18(27)23-13-6-8-14(9-7-13)30-21-25-22-11-29-21/h6-9,11H,2-5,10H2,1H3,(H,23,27). The molecule has 0 bridgehead atoms. The molecular formula is C21H19N5O2S3. The number of fused-ring (bicyclic) bond motifs is 2. The fraction of sp³-hybridized carbons (Fsp3) is 0.286. The molecule has 1 aliphatic rings. The molecule has 4 heterocycles. The van der Waals surface area contributed by atoms with Gasteiger partial charge in [-0.05, 0) is 49.6 Å². The van der Waals surface area contributed by atoms with E-state index in [4.69, 9.17) is 4.98 Å². The third kappa shape index (κ3) is 4.02. The van der Waals surface area contributed by atoms with Crippen molar-refractivity contribution >= 4 is 56.2 Å². The molecule has 7 nitrogen and oxygen atoms in total. The van der Waals surface area contributed by atoms with Crippen LogP contribution in [-0.2, 0) is 13.0 Å². The highest BCUT2D eigenvalue weighted by molar-refractivity contribution is 8.01. The summed E-state index contributed by atoms with van der Waals surface area (Å²) in [6.07, 6.45) is 3.96. The Balaban J connectivity index is 1.40. The van der Waals surface area contributed by atoms with E-state index in [2.05, 4.69) is 15.5 Å². The summed E-state index contributed by atoms with van der Waals surface area (Å²) in [6, 6.07) is 7.59. The maximum absolute atomic E-state index is 13.1. The Morgan fingerprint density at radius 1 is 1.19 bits per heavy atom. The van der Waals surface area contributed by atoms with E-state index < -0.39 is 0 Å². The Morgan fingerprint density at radius 3 is 2.81 bits per heavy atom. The molecule has 0 aliphatic carbocycles. The van der Waals surface area contributed by atoms with Crippen molar-refractivity contribution < 1.29 is 4.79 Å². The zero-order chi connectivity index (χ0) is 21.4. The van der Waals surface area contributed by atoms with Gasteiger partial charge in [0.1, 0.15) is 16.2 Å². The maximum Gasteiger partial charge on any atom is 0.266 e. The molecule has 158 valence electrons. The Labute approximate surface area is 190 Å². The molecule has 0 radical (unpaired) electrons. The highest BCUT2D eigenvalue weighted by Gasteiger charge is 2.22. The minimum atomic E-state index is -0.218. The van der Waals surface area contributed by atoms with Crippen molar-refractivity contribution in [1.29, 1.82) is 0 Å². The predicted octanol–water partition coefficient (Wildman–Crippen LogP) is 4.75. The van der Waals surface area contributed by atoms with Gasteiger partial charge in [0, 0.05) is 23.5 Å². The molecule has 0 atom stereocenters. The van der Waals surface area contributed by atoms with E-state index in [1.807, 2.05) is 31.2 Å². The number of hydrogen-bond donors (Lipinski definition) is 1. The van der Waals surface area contributed by atoms with Crippen LogP contribution in [0.25, 0.3) is 10.2 Å². The predicted molar refractivity (Wildman–Crippen MR) is 125 cm³/mol. The van der Waals surface area contributed by atoms with E-state index in [1.54, 1.807) is 10.1 Å². The van der Waals surface area contributed by atoms with Crippen molar-refractivity contribution in [1.82, 2.24) is 19.7 Å². The van der Waals surface area contributed by atoms with Crippen molar-refractivity contribution in [3.8, 4) is 0 Å². The molecule has 0 fully saturated rings. The molecule has 1 aliphatic heterocycles. The van der Waals surface area contributed by atoms with Crippen LogP contribution >= 0.6 is 34.4 Å². The van der Waals surface area contributed by atoms with Gasteiger partial charge in [-0.3, -0.25) is 14.2 Å². The van der Waals surface area contributed by atoms with Crippen LogP contribution in [-0.4, -0.2) is 25.7 Å². The van der Waals surface area contributed by atoms with Crippen LogP contribution in [0.1, 0.15) is 40.3 Å². The highest BCUT2D eigenvalue weighted by Crippen LogP contribution is 2.31. The van der Waals surface area contributed by atoms with E-state index in [1.165, 1.54) is 34.4 Å². The van der Waals surface area contributed by atoms with Gasteiger partial charge < -0.3 is 5.32 Å². The number of amides is 1. The molecule has 3 aromatic heterocycles. The number of aromatic nitrogens is 4. The first-order valence-electron chi connectivity index (χ1n) is 9.98. The van der Waals surface area contributed by atoms with Crippen LogP contribution in [0.15, 0.2) is 43.8 Å². The Bertz CT molecular complexity index is 1310. The van der Waals surface area contributed by atoms with E-state index >= 15 is 0 Å². The third-order valence-corrected chi connectivity index (χ3v) is 8.25. The summed E-state index contributed by atoms with van der Waals surface area (Å²) in [5.41, 5.74) is 3.08. The summed E-state index contributed by atoms with van der Waals surface area (Å²) in [5, 5.41) is 11.4. The molecule has 4 aromatic rings. The molecule has 1 aromatic carbocycles. The minimum absolute atomic E-state index is 0.0206. The van der Waals surface area contributed by atoms with Gasteiger partial charge in [0.05, 0.1) is 10.3 Å². The number of benzene rings is 1. The van der Waals surface area contributed by atoms with E-state index in [-0.39, 0.29) is 11.5 Å². The number of rotatable bonds is 4. The fourth-order valence-corrected chi connectivity index (χ4v) is 6.27. The van der Waals surface area contributed by atoms with Crippen LogP contribution in [0.3, 0.4) is 0 Å². The average molecular weight is 470 g/mol. The van der Waals surface area contributed by atoms with Crippen molar-refractivity contribution in [2.75, 3.05) is 5.32 Å². The number of nitrogens with one attached hydrogen (secondary N) is 1. The number of thiophene rings is 1. The highest BCUT2D eigenvalue weighted by atomic mass is 32.2. The number of carbonyl (C=O) groups is 1. The van der Waals surface area contributed by atoms with Crippen LogP contribution in [0.4, 0.5) is 5.69 Å². The Kier molecular flexibility index (Phi) is 5.59. The Hall–Kier alpha value is -2.56. The maximum atomic E-state index is 13.1. The van der Waals surface area contributed by atoms with Crippen LogP contribution in [0, 0.1) is 6.92 Å². The lowest BCUT2D eigenvalue weighted by Crippen LogP contribution is -2.24.